The molecule has 0 bridgehead atoms. The van der Waals surface area contributed by atoms with Crippen LogP contribution < -0.4 is 10.1 Å². The van der Waals surface area contributed by atoms with Crippen LogP contribution in [0, 0.1) is 5.92 Å². The molecule has 144 valence electrons. The molecule has 0 spiro atoms. The van der Waals surface area contributed by atoms with E-state index in [1.54, 1.807) is 18.2 Å². The number of piperidine rings is 1. The van der Waals surface area contributed by atoms with Crippen LogP contribution in [0.1, 0.15) is 12.8 Å². The van der Waals surface area contributed by atoms with Crippen molar-refractivity contribution in [3.63, 3.8) is 0 Å². The van der Waals surface area contributed by atoms with Crippen LogP contribution in [0.4, 0.5) is 5.69 Å². The summed E-state index contributed by atoms with van der Waals surface area (Å²) in [6.07, 6.45) is 2.44. The summed E-state index contributed by atoms with van der Waals surface area (Å²) < 4.78 is 30.7. The second kappa shape index (κ2) is 8.29. The van der Waals surface area contributed by atoms with Crippen LogP contribution in [-0.4, -0.2) is 38.0 Å². The van der Waals surface area contributed by atoms with Crippen LogP contribution >= 0.6 is 11.6 Å². The van der Waals surface area contributed by atoms with Gasteiger partial charge in [0, 0.05) is 18.1 Å². The molecule has 1 aliphatic heterocycles. The van der Waals surface area contributed by atoms with Crippen molar-refractivity contribution < 1.29 is 17.9 Å². The molecule has 1 fully saturated rings. The van der Waals surface area contributed by atoms with Gasteiger partial charge in [-0.3, -0.25) is 4.79 Å². The number of anilines is 1. The fourth-order valence-electron chi connectivity index (χ4n) is 3.00. The van der Waals surface area contributed by atoms with Crippen molar-refractivity contribution in [2.24, 2.45) is 5.92 Å². The predicted octanol–water partition coefficient (Wildman–Crippen LogP) is 3.74. The topological polar surface area (TPSA) is 75.7 Å². The number of halogens is 1. The van der Waals surface area contributed by atoms with Crippen molar-refractivity contribution in [1.82, 2.24) is 4.31 Å². The number of carbonyl (C=O) groups is 1. The number of hydrogen-bond acceptors (Lipinski definition) is 4. The molecule has 1 heterocycles. The molecule has 1 N–H and O–H groups in total. The Balaban J connectivity index is 1.76. The Morgan fingerprint density at radius 1 is 1.22 bits per heavy atom. The largest absolute Gasteiger partial charge is 0.455 e. The van der Waals surface area contributed by atoms with E-state index in [-0.39, 0.29) is 12.5 Å². The normalized spacial score (nSPS) is 18.1. The maximum absolute atomic E-state index is 12.7. The van der Waals surface area contributed by atoms with Gasteiger partial charge in [0.1, 0.15) is 5.75 Å². The molecular weight excluding hydrogens is 388 g/mol. The number of nitrogens with zero attached hydrogens (tertiary/aromatic N) is 1. The van der Waals surface area contributed by atoms with Gasteiger partial charge in [-0.1, -0.05) is 29.8 Å². The molecule has 8 heteroatoms. The lowest BCUT2D eigenvalue weighted by atomic mass is 9.98. The molecule has 27 heavy (non-hydrogen) atoms. The van der Waals surface area contributed by atoms with Gasteiger partial charge in [0.15, 0.2) is 5.75 Å². The first-order valence-electron chi connectivity index (χ1n) is 8.61. The lowest BCUT2D eigenvalue weighted by Crippen LogP contribution is -2.43. The average Bonchev–Trinajstić information content (AvgIpc) is 2.64. The van der Waals surface area contributed by atoms with Crippen molar-refractivity contribution in [3.05, 3.63) is 53.6 Å². The Morgan fingerprint density at radius 2 is 1.96 bits per heavy atom. The fourth-order valence-corrected chi connectivity index (χ4v) is 4.08. The first kappa shape index (κ1) is 19.7. The summed E-state index contributed by atoms with van der Waals surface area (Å²) in [5.41, 5.74) is 0.452. The molecule has 1 aliphatic rings. The number of rotatable bonds is 5. The van der Waals surface area contributed by atoms with Crippen molar-refractivity contribution in [3.8, 4) is 11.5 Å². The van der Waals surface area contributed by atoms with Gasteiger partial charge in [0.05, 0.1) is 17.9 Å². The van der Waals surface area contributed by atoms with Crippen LogP contribution in [0.2, 0.25) is 5.02 Å². The van der Waals surface area contributed by atoms with Crippen LogP contribution in [0.5, 0.6) is 11.5 Å². The number of amides is 1. The molecule has 2 aromatic rings. The second-order valence-corrected chi connectivity index (χ2v) is 8.92. The first-order chi connectivity index (χ1) is 12.8. The van der Waals surface area contributed by atoms with Crippen LogP contribution in [0.3, 0.4) is 0 Å². The van der Waals surface area contributed by atoms with Crippen molar-refractivity contribution in [2.45, 2.75) is 12.8 Å². The first-order valence-corrected chi connectivity index (χ1v) is 10.8. The van der Waals surface area contributed by atoms with E-state index in [0.29, 0.717) is 41.6 Å². The van der Waals surface area contributed by atoms with Gasteiger partial charge in [-0.25, -0.2) is 12.7 Å². The molecule has 0 unspecified atom stereocenters. The zero-order valence-corrected chi connectivity index (χ0v) is 16.5. The summed E-state index contributed by atoms with van der Waals surface area (Å²) in [6, 6.07) is 14.2. The van der Waals surface area contributed by atoms with Crippen molar-refractivity contribution in [1.29, 1.82) is 0 Å². The average molecular weight is 409 g/mol. The quantitative estimate of drug-likeness (QED) is 0.817. The molecule has 1 atom stereocenters. The number of sulfonamides is 1. The Kier molecular flexibility index (Phi) is 6.04. The highest BCUT2D eigenvalue weighted by atomic mass is 35.5. The lowest BCUT2D eigenvalue weighted by molar-refractivity contribution is -0.120. The number of para-hydroxylation sites is 1. The molecular formula is C19H21ClN2O4S. The second-order valence-electron chi connectivity index (χ2n) is 6.51. The summed E-state index contributed by atoms with van der Waals surface area (Å²) in [5.74, 6) is 0.437. The minimum atomic E-state index is -3.31. The highest BCUT2D eigenvalue weighted by Crippen LogP contribution is 2.33. The highest BCUT2D eigenvalue weighted by molar-refractivity contribution is 7.88. The molecule has 2 aromatic carbocycles. The van der Waals surface area contributed by atoms with Gasteiger partial charge >= 0.3 is 0 Å². The monoisotopic (exact) mass is 408 g/mol. The molecule has 3 rings (SSSR count). The summed E-state index contributed by atoms with van der Waals surface area (Å²) >= 11 is 6.08. The van der Waals surface area contributed by atoms with Gasteiger partial charge in [0.25, 0.3) is 0 Å². The zero-order valence-electron chi connectivity index (χ0n) is 14.9. The molecule has 1 amide bonds. The van der Waals surface area contributed by atoms with E-state index in [2.05, 4.69) is 5.32 Å². The third-order valence-corrected chi connectivity index (χ3v) is 5.90. The maximum atomic E-state index is 12.7. The molecule has 0 saturated carbocycles. The summed E-state index contributed by atoms with van der Waals surface area (Å²) in [5, 5.41) is 3.31. The zero-order chi connectivity index (χ0) is 19.4. The molecule has 0 radical (unpaired) electrons. The highest BCUT2D eigenvalue weighted by Gasteiger charge is 2.30. The molecule has 6 nitrogen and oxygen atoms in total. The third-order valence-electron chi connectivity index (χ3n) is 4.39. The Hall–Kier alpha value is -2.09. The number of hydrogen-bond donors (Lipinski definition) is 1. The van der Waals surface area contributed by atoms with E-state index in [0.717, 1.165) is 6.26 Å². The van der Waals surface area contributed by atoms with Crippen LogP contribution in [-0.2, 0) is 14.8 Å². The fraction of sp³-hybridized carbons (Fsp3) is 0.316. The Bertz CT molecular complexity index is 919. The Morgan fingerprint density at radius 3 is 2.67 bits per heavy atom. The van der Waals surface area contributed by atoms with Gasteiger partial charge < -0.3 is 10.1 Å². The molecule has 1 saturated heterocycles. The predicted molar refractivity (Wildman–Crippen MR) is 106 cm³/mol. The van der Waals surface area contributed by atoms with Crippen LogP contribution in [0.25, 0.3) is 0 Å². The van der Waals surface area contributed by atoms with E-state index in [4.69, 9.17) is 16.3 Å². The number of nitrogens with one attached hydrogen (secondary N) is 1. The number of benzene rings is 2. The Labute approximate surface area is 164 Å². The molecule has 0 aliphatic carbocycles. The number of carbonyl (C=O) groups excluding carboxylic acids is 1. The number of ether oxygens (including phenoxy) is 1. The maximum Gasteiger partial charge on any atom is 0.228 e. The van der Waals surface area contributed by atoms with Crippen LogP contribution in [0.15, 0.2) is 48.5 Å². The lowest BCUT2D eigenvalue weighted by Gasteiger charge is -2.30. The van der Waals surface area contributed by atoms with Crippen molar-refractivity contribution in [2.75, 3.05) is 24.7 Å². The van der Waals surface area contributed by atoms with Crippen molar-refractivity contribution >= 4 is 33.2 Å². The minimum Gasteiger partial charge on any atom is -0.455 e. The third kappa shape index (κ3) is 5.22. The smallest absolute Gasteiger partial charge is 0.228 e. The summed E-state index contributed by atoms with van der Waals surface area (Å²) in [6.45, 7) is 0.627. The SMILES string of the molecule is CS(=O)(=O)N1CCC[C@@H](C(=O)Nc2cc(Cl)ccc2Oc2ccccc2)C1. The van der Waals surface area contributed by atoms with Gasteiger partial charge in [-0.05, 0) is 43.2 Å². The van der Waals surface area contributed by atoms with E-state index in [1.807, 2.05) is 30.3 Å². The van der Waals surface area contributed by atoms with Gasteiger partial charge in [-0.2, -0.15) is 0 Å². The summed E-state index contributed by atoms with van der Waals surface area (Å²) in [4.78, 5) is 12.7. The van der Waals surface area contributed by atoms with E-state index < -0.39 is 15.9 Å². The summed E-state index contributed by atoms with van der Waals surface area (Å²) in [7, 11) is -3.31. The van der Waals surface area contributed by atoms with Gasteiger partial charge in [-0.15, -0.1) is 0 Å². The van der Waals surface area contributed by atoms with E-state index >= 15 is 0 Å². The standard InChI is InChI=1S/C19H21ClN2O4S/c1-27(24,25)22-11-5-6-14(13-22)19(23)21-17-12-15(20)9-10-18(17)26-16-7-3-2-4-8-16/h2-4,7-10,12,14H,5-6,11,13H2,1H3,(H,21,23)/t14-/m1/s1. The van der Waals surface area contributed by atoms with E-state index in [9.17, 15) is 13.2 Å². The van der Waals surface area contributed by atoms with E-state index in [1.165, 1.54) is 4.31 Å². The molecule has 0 aromatic heterocycles. The van der Waals surface area contributed by atoms with Gasteiger partial charge in [0.2, 0.25) is 15.9 Å². The minimum absolute atomic E-state index is 0.181.